The van der Waals surface area contributed by atoms with E-state index in [0.29, 0.717) is 26.4 Å². The Morgan fingerprint density at radius 2 is 1.60 bits per heavy atom. The summed E-state index contributed by atoms with van der Waals surface area (Å²) >= 11 is 17.6. The first-order valence-electron chi connectivity index (χ1n) is 5.88. The molecule has 104 valence electrons. The highest BCUT2D eigenvalue weighted by molar-refractivity contribution is 6.33. The van der Waals surface area contributed by atoms with Crippen LogP contribution in [0, 0.1) is 0 Å². The van der Waals surface area contributed by atoms with Gasteiger partial charge in [0.1, 0.15) is 12.4 Å². The average Bonchev–Trinajstić information content (AvgIpc) is 2.42. The number of ether oxygens (including phenoxy) is 1. The maximum absolute atomic E-state index is 11.9. The van der Waals surface area contributed by atoms with Crippen molar-refractivity contribution in [2.24, 2.45) is 0 Å². The van der Waals surface area contributed by atoms with Crippen molar-refractivity contribution in [3.8, 4) is 5.75 Å². The first kappa shape index (κ1) is 15.2. The van der Waals surface area contributed by atoms with E-state index >= 15 is 0 Å². The molecule has 0 amide bonds. The molecule has 2 aromatic carbocycles. The predicted molar refractivity (Wildman–Crippen MR) is 82.1 cm³/mol. The normalized spacial score (nSPS) is 10.3. The second-order valence-electron chi connectivity index (χ2n) is 4.19. The molecule has 0 aromatic heterocycles. The van der Waals surface area contributed by atoms with Gasteiger partial charge in [-0.2, -0.15) is 0 Å². The summed E-state index contributed by atoms with van der Waals surface area (Å²) in [7, 11) is 0. The van der Waals surface area contributed by atoms with Crippen molar-refractivity contribution in [3.63, 3.8) is 0 Å². The van der Waals surface area contributed by atoms with E-state index < -0.39 is 0 Å². The maximum Gasteiger partial charge on any atom is 0.174 e. The lowest BCUT2D eigenvalue weighted by Gasteiger charge is -2.07. The van der Waals surface area contributed by atoms with Crippen molar-refractivity contribution in [2.45, 2.75) is 6.42 Å². The summed E-state index contributed by atoms with van der Waals surface area (Å²) in [5.74, 6) is 0.518. The van der Waals surface area contributed by atoms with Crippen LogP contribution in [0.1, 0.15) is 5.56 Å². The Hall–Kier alpha value is -1.22. The summed E-state index contributed by atoms with van der Waals surface area (Å²) in [4.78, 5) is 11.9. The van der Waals surface area contributed by atoms with Crippen LogP contribution in [0.3, 0.4) is 0 Å². The predicted octanol–water partition coefficient (Wildman–Crippen LogP) is 4.84. The molecule has 0 aliphatic heterocycles. The molecule has 0 saturated heterocycles. The summed E-state index contributed by atoms with van der Waals surface area (Å²) in [6.45, 7) is -0.0233. The molecule has 0 radical (unpaired) electrons. The van der Waals surface area contributed by atoms with Crippen LogP contribution in [0.2, 0.25) is 15.1 Å². The molecule has 0 N–H and O–H groups in total. The number of carbonyl (C=O) groups excluding carboxylic acids is 1. The van der Waals surface area contributed by atoms with Gasteiger partial charge in [0.2, 0.25) is 0 Å². The highest BCUT2D eigenvalue weighted by Crippen LogP contribution is 2.21. The van der Waals surface area contributed by atoms with Gasteiger partial charge in [0.25, 0.3) is 0 Å². The van der Waals surface area contributed by atoms with E-state index in [1.54, 1.807) is 42.5 Å². The number of halogens is 3. The van der Waals surface area contributed by atoms with E-state index in [9.17, 15) is 4.79 Å². The first-order chi connectivity index (χ1) is 9.54. The van der Waals surface area contributed by atoms with Gasteiger partial charge in [-0.25, -0.2) is 0 Å². The van der Waals surface area contributed by atoms with Gasteiger partial charge in [0, 0.05) is 21.5 Å². The summed E-state index contributed by atoms with van der Waals surface area (Å²) in [5, 5.41) is 1.69. The summed E-state index contributed by atoms with van der Waals surface area (Å²) in [6, 6.07) is 11.9. The topological polar surface area (TPSA) is 26.3 Å². The third kappa shape index (κ3) is 4.41. The van der Waals surface area contributed by atoms with Crippen LogP contribution in [0.4, 0.5) is 0 Å². The van der Waals surface area contributed by atoms with Crippen molar-refractivity contribution >= 4 is 40.6 Å². The molecule has 2 rings (SSSR count). The smallest absolute Gasteiger partial charge is 0.174 e. The minimum atomic E-state index is -0.0795. The standard InChI is InChI=1S/C15H11Cl3O2/c16-11-1-4-14(5-2-11)20-9-13(19)8-10-7-12(17)3-6-15(10)18/h1-7H,8-9H2. The highest BCUT2D eigenvalue weighted by atomic mass is 35.5. The van der Waals surface area contributed by atoms with Gasteiger partial charge in [-0.15, -0.1) is 0 Å². The molecule has 20 heavy (non-hydrogen) atoms. The van der Waals surface area contributed by atoms with Gasteiger partial charge in [-0.05, 0) is 48.0 Å². The SMILES string of the molecule is O=C(COc1ccc(Cl)cc1)Cc1cc(Cl)ccc1Cl. The van der Waals surface area contributed by atoms with Crippen LogP contribution in [0.25, 0.3) is 0 Å². The Kier molecular flexibility index (Phi) is 5.30. The Balaban J connectivity index is 1.92. The number of benzene rings is 2. The number of Topliss-reactive ketones (excluding diaryl/α,β-unsaturated/α-hetero) is 1. The first-order valence-corrected chi connectivity index (χ1v) is 7.02. The van der Waals surface area contributed by atoms with Gasteiger partial charge in [-0.1, -0.05) is 34.8 Å². The van der Waals surface area contributed by atoms with E-state index in [-0.39, 0.29) is 18.8 Å². The summed E-state index contributed by atoms with van der Waals surface area (Å²) in [6.07, 6.45) is 0.187. The minimum absolute atomic E-state index is 0.0233. The number of rotatable bonds is 5. The lowest BCUT2D eigenvalue weighted by molar-refractivity contribution is -0.120. The van der Waals surface area contributed by atoms with Crippen LogP contribution >= 0.6 is 34.8 Å². The molecule has 0 fully saturated rings. The molecule has 0 unspecified atom stereocenters. The van der Waals surface area contributed by atoms with Crippen molar-refractivity contribution in [1.82, 2.24) is 0 Å². The third-order valence-electron chi connectivity index (χ3n) is 2.61. The summed E-state index contributed by atoms with van der Waals surface area (Å²) in [5.41, 5.74) is 0.698. The number of carbonyl (C=O) groups is 1. The molecule has 0 aliphatic carbocycles. The van der Waals surface area contributed by atoms with E-state index in [1.807, 2.05) is 0 Å². The molecular formula is C15H11Cl3O2. The Bertz CT molecular complexity index is 609. The molecule has 0 bridgehead atoms. The van der Waals surface area contributed by atoms with Gasteiger partial charge >= 0.3 is 0 Å². The van der Waals surface area contributed by atoms with Gasteiger partial charge in [-0.3, -0.25) is 4.79 Å². The molecule has 2 aromatic rings. The Labute approximate surface area is 132 Å². The average molecular weight is 330 g/mol. The van der Waals surface area contributed by atoms with E-state index in [1.165, 1.54) is 0 Å². The number of ketones is 1. The van der Waals surface area contributed by atoms with Crippen molar-refractivity contribution in [3.05, 3.63) is 63.1 Å². The van der Waals surface area contributed by atoms with Gasteiger partial charge < -0.3 is 4.74 Å². The fraction of sp³-hybridized carbons (Fsp3) is 0.133. The number of hydrogen-bond acceptors (Lipinski definition) is 2. The largest absolute Gasteiger partial charge is 0.486 e. The molecule has 0 aliphatic rings. The van der Waals surface area contributed by atoms with E-state index in [2.05, 4.69) is 0 Å². The van der Waals surface area contributed by atoms with Crippen molar-refractivity contribution < 1.29 is 9.53 Å². The second-order valence-corrected chi connectivity index (χ2v) is 5.47. The zero-order chi connectivity index (χ0) is 14.5. The Morgan fingerprint density at radius 1 is 0.950 bits per heavy atom. The Morgan fingerprint density at radius 3 is 2.30 bits per heavy atom. The minimum Gasteiger partial charge on any atom is -0.486 e. The fourth-order valence-electron chi connectivity index (χ4n) is 1.64. The van der Waals surface area contributed by atoms with Crippen LogP contribution in [0.5, 0.6) is 5.75 Å². The van der Waals surface area contributed by atoms with Crippen LogP contribution in [0.15, 0.2) is 42.5 Å². The zero-order valence-corrected chi connectivity index (χ0v) is 12.7. The van der Waals surface area contributed by atoms with Crippen molar-refractivity contribution in [2.75, 3.05) is 6.61 Å². The molecule has 0 spiro atoms. The lowest BCUT2D eigenvalue weighted by Crippen LogP contribution is -2.14. The van der Waals surface area contributed by atoms with E-state index in [0.717, 1.165) is 0 Å². The third-order valence-corrected chi connectivity index (χ3v) is 3.46. The second kappa shape index (κ2) is 6.98. The molecule has 2 nitrogen and oxygen atoms in total. The molecule has 5 heteroatoms. The monoisotopic (exact) mass is 328 g/mol. The molecule has 0 saturated carbocycles. The summed E-state index contributed by atoms with van der Waals surface area (Å²) < 4.78 is 5.38. The molecule has 0 heterocycles. The van der Waals surface area contributed by atoms with Crippen LogP contribution < -0.4 is 4.74 Å². The van der Waals surface area contributed by atoms with Crippen molar-refractivity contribution in [1.29, 1.82) is 0 Å². The van der Waals surface area contributed by atoms with Crippen LogP contribution in [-0.2, 0) is 11.2 Å². The van der Waals surface area contributed by atoms with Gasteiger partial charge in [0.15, 0.2) is 5.78 Å². The maximum atomic E-state index is 11.9. The lowest BCUT2D eigenvalue weighted by atomic mass is 10.1. The zero-order valence-electron chi connectivity index (χ0n) is 10.4. The quantitative estimate of drug-likeness (QED) is 0.785. The van der Waals surface area contributed by atoms with Gasteiger partial charge in [0.05, 0.1) is 0 Å². The number of hydrogen-bond donors (Lipinski definition) is 0. The highest BCUT2D eigenvalue weighted by Gasteiger charge is 2.09. The van der Waals surface area contributed by atoms with Crippen LogP contribution in [-0.4, -0.2) is 12.4 Å². The van der Waals surface area contributed by atoms with E-state index in [4.69, 9.17) is 39.5 Å². The molecular weight excluding hydrogens is 319 g/mol. The molecule has 0 atom stereocenters. The fourth-order valence-corrected chi connectivity index (χ4v) is 2.14.